The molecule has 0 aliphatic heterocycles. The Morgan fingerprint density at radius 1 is 1.62 bits per heavy atom. The second kappa shape index (κ2) is 4.99. The van der Waals surface area contributed by atoms with Crippen molar-refractivity contribution < 1.29 is 9.59 Å². The molecule has 0 radical (unpaired) electrons. The van der Waals surface area contributed by atoms with Crippen molar-refractivity contribution in [2.75, 3.05) is 6.54 Å². The van der Waals surface area contributed by atoms with Crippen LogP contribution in [0.4, 0.5) is 0 Å². The Hall–Kier alpha value is -0.870. The van der Waals surface area contributed by atoms with Gasteiger partial charge in [-0.05, 0) is 18.6 Å². The fourth-order valence-corrected chi connectivity index (χ4v) is 1.92. The van der Waals surface area contributed by atoms with Gasteiger partial charge in [0, 0.05) is 11.4 Å². The van der Waals surface area contributed by atoms with Crippen molar-refractivity contribution in [3.05, 3.63) is 21.3 Å². The van der Waals surface area contributed by atoms with E-state index < -0.39 is 5.91 Å². The van der Waals surface area contributed by atoms with Gasteiger partial charge in [0.05, 0.1) is 4.34 Å². The van der Waals surface area contributed by atoms with Gasteiger partial charge in [-0.3, -0.25) is 9.59 Å². The Kier molecular flexibility index (Phi) is 3.92. The smallest absolute Gasteiger partial charge is 0.284 e. The zero-order chi connectivity index (χ0) is 9.68. The van der Waals surface area contributed by atoms with Crippen molar-refractivity contribution in [3.8, 4) is 0 Å². The average molecular weight is 218 g/mol. The van der Waals surface area contributed by atoms with Crippen molar-refractivity contribution in [1.29, 1.82) is 0 Å². The predicted octanol–water partition coefficient (Wildman–Crippen LogP) is 1.26. The van der Waals surface area contributed by atoms with Crippen molar-refractivity contribution >= 4 is 35.1 Å². The van der Waals surface area contributed by atoms with Crippen LogP contribution >= 0.6 is 22.9 Å². The van der Waals surface area contributed by atoms with Crippen LogP contribution in [0.1, 0.15) is 4.88 Å². The highest BCUT2D eigenvalue weighted by molar-refractivity contribution is 7.16. The van der Waals surface area contributed by atoms with Crippen LogP contribution in [0, 0.1) is 0 Å². The van der Waals surface area contributed by atoms with Gasteiger partial charge in [0.25, 0.3) is 5.91 Å². The summed E-state index contributed by atoms with van der Waals surface area (Å²) in [7, 11) is 0. The van der Waals surface area contributed by atoms with Crippen LogP contribution in [-0.2, 0) is 16.0 Å². The summed E-state index contributed by atoms with van der Waals surface area (Å²) in [5.41, 5.74) is 0. The molecule has 1 aromatic rings. The Bertz CT molecular complexity index is 311. The van der Waals surface area contributed by atoms with Crippen LogP contribution in [0.2, 0.25) is 4.34 Å². The van der Waals surface area contributed by atoms with E-state index in [0.717, 1.165) is 9.21 Å². The molecule has 1 aromatic heterocycles. The fraction of sp³-hybridized carbons (Fsp3) is 0.250. The van der Waals surface area contributed by atoms with Crippen LogP contribution in [0.25, 0.3) is 0 Å². The molecule has 0 aliphatic carbocycles. The summed E-state index contributed by atoms with van der Waals surface area (Å²) in [6.45, 7) is 0.467. The van der Waals surface area contributed by atoms with E-state index in [2.05, 4.69) is 5.32 Å². The van der Waals surface area contributed by atoms with Crippen molar-refractivity contribution in [1.82, 2.24) is 5.32 Å². The fourth-order valence-electron chi connectivity index (χ4n) is 0.837. The maximum Gasteiger partial charge on any atom is 0.284 e. The number of aldehydes is 1. The van der Waals surface area contributed by atoms with Gasteiger partial charge in [-0.25, -0.2) is 0 Å². The molecule has 13 heavy (non-hydrogen) atoms. The van der Waals surface area contributed by atoms with Crippen LogP contribution in [0.15, 0.2) is 12.1 Å². The third-order valence-corrected chi connectivity index (χ3v) is 2.70. The number of carbonyl (C=O) groups is 2. The minimum atomic E-state index is -0.581. The van der Waals surface area contributed by atoms with Crippen molar-refractivity contribution in [3.63, 3.8) is 0 Å². The van der Waals surface area contributed by atoms with E-state index in [-0.39, 0.29) is 6.29 Å². The Balaban J connectivity index is 2.27. The number of thiophene rings is 1. The molecule has 0 atom stereocenters. The molecule has 0 saturated carbocycles. The first-order chi connectivity index (χ1) is 6.22. The monoisotopic (exact) mass is 217 g/mol. The highest BCUT2D eigenvalue weighted by Gasteiger charge is 1.99. The van der Waals surface area contributed by atoms with Crippen molar-refractivity contribution in [2.24, 2.45) is 0 Å². The molecule has 0 bridgehead atoms. The maximum atomic E-state index is 10.5. The number of carbonyl (C=O) groups excluding carboxylic acids is 2. The zero-order valence-electron chi connectivity index (χ0n) is 6.75. The second-order valence-electron chi connectivity index (χ2n) is 2.36. The van der Waals surface area contributed by atoms with Gasteiger partial charge < -0.3 is 5.32 Å². The van der Waals surface area contributed by atoms with E-state index in [1.807, 2.05) is 12.1 Å². The summed E-state index contributed by atoms with van der Waals surface area (Å²) in [5, 5.41) is 2.45. The van der Waals surface area contributed by atoms with Crippen molar-refractivity contribution in [2.45, 2.75) is 6.42 Å². The molecule has 0 aliphatic rings. The van der Waals surface area contributed by atoms with Gasteiger partial charge in [0.15, 0.2) is 0 Å². The summed E-state index contributed by atoms with van der Waals surface area (Å²) in [4.78, 5) is 21.5. The number of halogens is 1. The number of rotatable bonds is 4. The van der Waals surface area contributed by atoms with Gasteiger partial charge in [-0.15, -0.1) is 11.3 Å². The van der Waals surface area contributed by atoms with Gasteiger partial charge in [-0.2, -0.15) is 0 Å². The molecule has 0 aromatic carbocycles. The molecule has 0 spiro atoms. The molecule has 70 valence electrons. The lowest BCUT2D eigenvalue weighted by Gasteiger charge is -1.97. The van der Waals surface area contributed by atoms with E-state index in [0.29, 0.717) is 13.0 Å². The second-order valence-corrected chi connectivity index (χ2v) is 4.16. The maximum absolute atomic E-state index is 10.5. The summed E-state index contributed by atoms with van der Waals surface area (Å²) in [6, 6.07) is 3.71. The van der Waals surface area contributed by atoms with E-state index in [9.17, 15) is 9.59 Å². The number of hydrogen-bond donors (Lipinski definition) is 1. The van der Waals surface area contributed by atoms with Crippen LogP contribution < -0.4 is 5.32 Å². The van der Waals surface area contributed by atoms with E-state index in [1.54, 1.807) is 0 Å². The summed E-state index contributed by atoms with van der Waals surface area (Å²) >= 11 is 7.18. The largest absolute Gasteiger partial charge is 0.349 e. The van der Waals surface area contributed by atoms with E-state index in [1.165, 1.54) is 11.3 Å². The first kappa shape index (κ1) is 10.2. The molecule has 1 rings (SSSR count). The van der Waals surface area contributed by atoms with E-state index in [4.69, 9.17) is 11.6 Å². The molecule has 1 N–H and O–H groups in total. The van der Waals surface area contributed by atoms with Gasteiger partial charge in [0.2, 0.25) is 6.29 Å². The molecule has 0 unspecified atom stereocenters. The van der Waals surface area contributed by atoms with Crippen LogP contribution in [0.5, 0.6) is 0 Å². The SMILES string of the molecule is O=CC(=O)NCCc1ccc(Cl)s1. The van der Waals surface area contributed by atoms with Crippen LogP contribution in [-0.4, -0.2) is 18.7 Å². The summed E-state index contributed by atoms with van der Waals surface area (Å²) in [6.07, 6.45) is 0.971. The third-order valence-electron chi connectivity index (χ3n) is 1.41. The molecule has 0 fully saturated rings. The standard InChI is InChI=1S/C8H8ClNO2S/c9-7-2-1-6(13-7)3-4-10-8(12)5-11/h1-2,5H,3-4H2,(H,10,12). The van der Waals surface area contributed by atoms with Crippen LogP contribution in [0.3, 0.4) is 0 Å². The van der Waals surface area contributed by atoms with Gasteiger partial charge in [-0.1, -0.05) is 11.6 Å². The van der Waals surface area contributed by atoms with Gasteiger partial charge in [0.1, 0.15) is 0 Å². The number of nitrogens with one attached hydrogen (secondary N) is 1. The predicted molar refractivity (Wildman–Crippen MR) is 52.1 cm³/mol. The number of hydrogen-bond acceptors (Lipinski definition) is 3. The molecule has 1 amide bonds. The first-order valence-corrected chi connectivity index (χ1v) is 4.89. The number of amides is 1. The lowest BCUT2D eigenvalue weighted by molar-refractivity contribution is -0.131. The Labute approximate surface area is 84.7 Å². The molecular weight excluding hydrogens is 210 g/mol. The molecule has 1 heterocycles. The van der Waals surface area contributed by atoms with Gasteiger partial charge >= 0.3 is 0 Å². The Morgan fingerprint density at radius 2 is 2.38 bits per heavy atom. The molecular formula is C8H8ClNO2S. The normalized spacial score (nSPS) is 9.62. The Morgan fingerprint density at radius 3 is 2.92 bits per heavy atom. The third kappa shape index (κ3) is 3.57. The zero-order valence-corrected chi connectivity index (χ0v) is 8.32. The topological polar surface area (TPSA) is 46.2 Å². The quantitative estimate of drug-likeness (QED) is 0.610. The molecule has 5 heteroatoms. The summed E-state index contributed by atoms with van der Waals surface area (Å²) in [5.74, 6) is -0.581. The first-order valence-electron chi connectivity index (χ1n) is 3.69. The lowest BCUT2D eigenvalue weighted by Crippen LogP contribution is -2.26. The minimum absolute atomic E-state index is 0.265. The molecule has 3 nitrogen and oxygen atoms in total. The highest BCUT2D eigenvalue weighted by atomic mass is 35.5. The highest BCUT2D eigenvalue weighted by Crippen LogP contribution is 2.21. The lowest BCUT2D eigenvalue weighted by atomic mass is 10.3. The minimum Gasteiger partial charge on any atom is -0.349 e. The summed E-state index contributed by atoms with van der Waals surface area (Å²) < 4.78 is 0.733. The van der Waals surface area contributed by atoms with E-state index >= 15 is 0 Å². The average Bonchev–Trinajstić information content (AvgIpc) is 2.51. The molecule has 0 saturated heterocycles.